The summed E-state index contributed by atoms with van der Waals surface area (Å²) in [6.45, 7) is 1.79. The Morgan fingerprint density at radius 1 is 1.24 bits per heavy atom. The van der Waals surface area contributed by atoms with E-state index in [0.29, 0.717) is 4.47 Å². The highest BCUT2D eigenvalue weighted by Gasteiger charge is 2.20. The molecule has 0 aliphatic carbocycles. The number of aryl methyl sites for hydroxylation is 1. The lowest BCUT2D eigenvalue weighted by atomic mass is 10.3. The molecule has 0 spiro atoms. The average Bonchev–Trinajstić information content (AvgIpc) is 2.38. The maximum atomic E-state index is 12.4. The van der Waals surface area contributed by atoms with E-state index in [2.05, 4.69) is 25.6 Å². The van der Waals surface area contributed by atoms with E-state index in [1.54, 1.807) is 37.3 Å². The molecule has 8 heteroatoms. The Morgan fingerprint density at radius 3 is 2.57 bits per heavy atom. The summed E-state index contributed by atoms with van der Waals surface area (Å²) in [5.74, 6) is 0.542. The number of nitrogens with zero attached hydrogens (tertiary/aromatic N) is 1. The number of ether oxygens (including phenoxy) is 1. The van der Waals surface area contributed by atoms with Gasteiger partial charge in [0.15, 0.2) is 0 Å². The monoisotopic (exact) mass is 392 g/mol. The molecule has 1 heterocycles. The van der Waals surface area contributed by atoms with Gasteiger partial charge in [0.05, 0.1) is 7.11 Å². The second-order valence-corrected chi connectivity index (χ2v) is 6.63. The maximum absolute atomic E-state index is 12.4. The van der Waals surface area contributed by atoms with Gasteiger partial charge >= 0.3 is 0 Å². The number of hydrogen-bond donors (Lipinski definition) is 1. The maximum Gasteiger partial charge on any atom is 0.266 e. The summed E-state index contributed by atoms with van der Waals surface area (Å²) >= 11 is 3.25. The Morgan fingerprint density at radius 2 is 1.95 bits per heavy atom. The second kappa shape index (κ2) is 7.11. The van der Waals surface area contributed by atoms with Crippen molar-refractivity contribution in [1.29, 1.82) is 0 Å². The van der Waals surface area contributed by atoms with Crippen LogP contribution in [-0.2, 0) is 10.0 Å². The normalized spacial score (nSPS) is 10.6. The second-order valence-electron chi connectivity index (χ2n) is 4.06. The van der Waals surface area contributed by atoms with Crippen molar-refractivity contribution in [3.8, 4) is 5.75 Å². The standard InChI is InChI=1S/C13H13BrN2O3S.ClH/c1-9-4-3-5-13(15-9)16-20(17,18)12-8-10(14)6-7-11(12)19-2;/h3-8H,1-2H3,(H,15,16);1H. The first-order valence-corrected chi connectivity index (χ1v) is 8.00. The lowest BCUT2D eigenvalue weighted by Crippen LogP contribution is -2.15. The predicted octanol–water partition coefficient (Wildman–Crippen LogP) is 3.38. The van der Waals surface area contributed by atoms with Crippen LogP contribution in [0.4, 0.5) is 5.82 Å². The number of benzene rings is 1. The van der Waals surface area contributed by atoms with Gasteiger partial charge in [-0.05, 0) is 37.3 Å². The molecular weight excluding hydrogens is 380 g/mol. The molecule has 0 saturated heterocycles. The van der Waals surface area contributed by atoms with Crippen molar-refractivity contribution in [2.75, 3.05) is 11.8 Å². The first-order chi connectivity index (χ1) is 9.42. The molecular formula is C13H14BrClN2O3S. The van der Waals surface area contributed by atoms with Gasteiger partial charge in [0.2, 0.25) is 0 Å². The van der Waals surface area contributed by atoms with E-state index in [1.807, 2.05) is 0 Å². The Kier molecular flexibility index (Phi) is 6.00. The molecule has 0 aliphatic rings. The first-order valence-electron chi connectivity index (χ1n) is 5.72. The van der Waals surface area contributed by atoms with Gasteiger partial charge in [-0.1, -0.05) is 22.0 Å². The minimum absolute atomic E-state index is 0. The third-order valence-electron chi connectivity index (χ3n) is 2.54. The highest BCUT2D eigenvalue weighted by Crippen LogP contribution is 2.28. The Balaban J connectivity index is 0.00000220. The van der Waals surface area contributed by atoms with Crippen LogP contribution in [0, 0.1) is 6.92 Å². The minimum Gasteiger partial charge on any atom is -0.495 e. The fraction of sp³-hybridized carbons (Fsp3) is 0.154. The lowest BCUT2D eigenvalue weighted by Gasteiger charge is -2.11. The van der Waals surface area contributed by atoms with Crippen molar-refractivity contribution >= 4 is 44.2 Å². The zero-order valence-electron chi connectivity index (χ0n) is 11.3. The van der Waals surface area contributed by atoms with Crippen molar-refractivity contribution in [2.24, 2.45) is 0 Å². The molecule has 0 amide bonds. The zero-order chi connectivity index (χ0) is 14.8. The molecule has 0 atom stereocenters. The van der Waals surface area contributed by atoms with E-state index >= 15 is 0 Å². The predicted molar refractivity (Wildman–Crippen MR) is 87.7 cm³/mol. The van der Waals surface area contributed by atoms with Crippen LogP contribution in [0.25, 0.3) is 0 Å². The van der Waals surface area contributed by atoms with Crippen molar-refractivity contribution in [2.45, 2.75) is 11.8 Å². The molecule has 2 aromatic rings. The molecule has 0 aliphatic heterocycles. The van der Waals surface area contributed by atoms with Crippen LogP contribution < -0.4 is 9.46 Å². The van der Waals surface area contributed by atoms with E-state index in [9.17, 15) is 8.42 Å². The summed E-state index contributed by atoms with van der Waals surface area (Å²) in [6.07, 6.45) is 0. The van der Waals surface area contributed by atoms with Gasteiger partial charge in [0.25, 0.3) is 10.0 Å². The zero-order valence-corrected chi connectivity index (χ0v) is 14.5. The number of rotatable bonds is 4. The number of anilines is 1. The Labute approximate surface area is 138 Å². The number of hydrogen-bond acceptors (Lipinski definition) is 4. The molecule has 0 bridgehead atoms. The lowest BCUT2D eigenvalue weighted by molar-refractivity contribution is 0.403. The highest BCUT2D eigenvalue weighted by molar-refractivity contribution is 9.10. The topological polar surface area (TPSA) is 68.3 Å². The fourth-order valence-corrected chi connectivity index (χ4v) is 3.36. The number of nitrogens with one attached hydrogen (secondary N) is 1. The number of halogens is 2. The summed E-state index contributed by atoms with van der Waals surface area (Å²) in [4.78, 5) is 4.17. The molecule has 1 aromatic heterocycles. The van der Waals surface area contributed by atoms with E-state index in [1.165, 1.54) is 13.2 Å². The smallest absolute Gasteiger partial charge is 0.266 e. The Hall–Kier alpha value is -1.31. The molecule has 2 rings (SSSR count). The van der Waals surface area contributed by atoms with Crippen LogP contribution in [0.5, 0.6) is 5.75 Å². The third kappa shape index (κ3) is 4.33. The summed E-state index contributed by atoms with van der Waals surface area (Å²) in [5.41, 5.74) is 0.728. The van der Waals surface area contributed by atoms with Gasteiger partial charge in [-0.15, -0.1) is 12.4 Å². The Bertz CT molecular complexity index is 738. The van der Waals surface area contributed by atoms with E-state index in [0.717, 1.165) is 5.69 Å². The largest absolute Gasteiger partial charge is 0.495 e. The van der Waals surface area contributed by atoms with Gasteiger partial charge in [-0.25, -0.2) is 13.4 Å². The average molecular weight is 394 g/mol. The van der Waals surface area contributed by atoms with Gasteiger partial charge in [0.1, 0.15) is 16.5 Å². The van der Waals surface area contributed by atoms with E-state index in [-0.39, 0.29) is 28.9 Å². The van der Waals surface area contributed by atoms with E-state index in [4.69, 9.17) is 4.74 Å². The summed E-state index contributed by atoms with van der Waals surface area (Å²) in [7, 11) is -2.34. The van der Waals surface area contributed by atoms with Crippen LogP contribution in [0.2, 0.25) is 0 Å². The molecule has 1 aromatic carbocycles. The minimum atomic E-state index is -3.76. The van der Waals surface area contributed by atoms with Crippen LogP contribution in [0.3, 0.4) is 0 Å². The number of sulfonamides is 1. The number of methoxy groups -OCH3 is 1. The van der Waals surface area contributed by atoms with Crippen LogP contribution in [0.15, 0.2) is 45.8 Å². The summed E-state index contributed by atoms with van der Waals surface area (Å²) in [5, 5.41) is 0. The third-order valence-corrected chi connectivity index (χ3v) is 4.41. The van der Waals surface area contributed by atoms with Crippen molar-refractivity contribution < 1.29 is 13.2 Å². The number of pyridine rings is 1. The van der Waals surface area contributed by atoms with Gasteiger partial charge in [-0.2, -0.15) is 0 Å². The molecule has 5 nitrogen and oxygen atoms in total. The highest BCUT2D eigenvalue weighted by atomic mass is 79.9. The molecule has 21 heavy (non-hydrogen) atoms. The van der Waals surface area contributed by atoms with Crippen LogP contribution in [-0.4, -0.2) is 20.5 Å². The molecule has 0 unspecified atom stereocenters. The molecule has 0 saturated carbocycles. The fourth-order valence-electron chi connectivity index (χ4n) is 1.65. The quantitative estimate of drug-likeness (QED) is 0.864. The van der Waals surface area contributed by atoms with Crippen LogP contribution in [0.1, 0.15) is 5.69 Å². The first kappa shape index (κ1) is 17.7. The summed E-state index contributed by atoms with van der Waals surface area (Å²) in [6, 6.07) is 9.90. The van der Waals surface area contributed by atoms with E-state index < -0.39 is 10.0 Å². The summed E-state index contributed by atoms with van der Waals surface area (Å²) < 4.78 is 33.0. The van der Waals surface area contributed by atoms with Gasteiger partial charge in [-0.3, -0.25) is 4.72 Å². The van der Waals surface area contributed by atoms with Crippen molar-refractivity contribution in [3.63, 3.8) is 0 Å². The van der Waals surface area contributed by atoms with Crippen LogP contribution >= 0.6 is 28.3 Å². The van der Waals surface area contributed by atoms with Crippen molar-refractivity contribution in [1.82, 2.24) is 4.98 Å². The van der Waals surface area contributed by atoms with Gasteiger partial charge in [0, 0.05) is 10.2 Å². The molecule has 0 radical (unpaired) electrons. The molecule has 1 N–H and O–H groups in total. The van der Waals surface area contributed by atoms with Crippen molar-refractivity contribution in [3.05, 3.63) is 46.6 Å². The number of aromatic nitrogens is 1. The molecule has 114 valence electrons. The van der Waals surface area contributed by atoms with Gasteiger partial charge < -0.3 is 4.74 Å². The SMILES string of the molecule is COc1ccc(Br)cc1S(=O)(=O)Nc1cccc(C)n1.Cl. The molecule has 0 fully saturated rings.